The highest BCUT2D eigenvalue weighted by Crippen LogP contribution is 2.46. The Morgan fingerprint density at radius 3 is 2.04 bits per heavy atom. The van der Waals surface area contributed by atoms with Crippen molar-refractivity contribution < 1.29 is 9.53 Å². The van der Waals surface area contributed by atoms with Crippen molar-refractivity contribution in [3.05, 3.63) is 60.2 Å². The van der Waals surface area contributed by atoms with Crippen molar-refractivity contribution in [2.45, 2.75) is 44.8 Å². The third-order valence-corrected chi connectivity index (χ3v) is 4.03. The standard InChI is InChI=1S/C20H23NO2/c1-19(2,3)23-18(22)21-20(13-14-20)17-11-9-16(10-12-17)15-7-5-4-6-8-15/h4-12H,13-14H2,1-3H3,(H,21,22). The maximum atomic E-state index is 12.0. The summed E-state index contributed by atoms with van der Waals surface area (Å²) in [5.74, 6) is 0. The first-order valence-corrected chi connectivity index (χ1v) is 8.05. The summed E-state index contributed by atoms with van der Waals surface area (Å²) in [7, 11) is 0. The smallest absolute Gasteiger partial charge is 0.408 e. The lowest BCUT2D eigenvalue weighted by atomic mass is 9.99. The molecule has 0 unspecified atom stereocenters. The molecule has 1 fully saturated rings. The Morgan fingerprint density at radius 2 is 1.52 bits per heavy atom. The van der Waals surface area contributed by atoms with Crippen LogP contribution in [-0.2, 0) is 10.3 Å². The number of hydrogen-bond acceptors (Lipinski definition) is 2. The van der Waals surface area contributed by atoms with Gasteiger partial charge in [-0.15, -0.1) is 0 Å². The van der Waals surface area contributed by atoms with Crippen molar-refractivity contribution in [1.29, 1.82) is 0 Å². The topological polar surface area (TPSA) is 38.3 Å². The van der Waals surface area contributed by atoms with Crippen LogP contribution in [0.4, 0.5) is 4.79 Å². The molecule has 3 rings (SSSR count). The molecule has 120 valence electrons. The van der Waals surface area contributed by atoms with E-state index >= 15 is 0 Å². The van der Waals surface area contributed by atoms with Crippen molar-refractivity contribution in [3.63, 3.8) is 0 Å². The number of hydrogen-bond donors (Lipinski definition) is 1. The zero-order chi connectivity index (χ0) is 16.5. The zero-order valence-corrected chi connectivity index (χ0v) is 13.9. The average molecular weight is 309 g/mol. The molecule has 23 heavy (non-hydrogen) atoms. The fraction of sp³-hybridized carbons (Fsp3) is 0.350. The van der Waals surface area contributed by atoms with E-state index in [1.807, 2.05) is 39.0 Å². The summed E-state index contributed by atoms with van der Waals surface area (Å²) in [5.41, 5.74) is 2.80. The van der Waals surface area contributed by atoms with E-state index in [9.17, 15) is 4.79 Å². The Kier molecular flexibility index (Phi) is 3.88. The Morgan fingerprint density at radius 1 is 0.957 bits per heavy atom. The van der Waals surface area contributed by atoms with Gasteiger partial charge in [0.25, 0.3) is 0 Å². The molecule has 0 aromatic heterocycles. The van der Waals surface area contributed by atoms with Gasteiger partial charge in [-0.1, -0.05) is 54.6 Å². The lowest BCUT2D eigenvalue weighted by molar-refractivity contribution is 0.0495. The lowest BCUT2D eigenvalue weighted by Gasteiger charge is -2.23. The van der Waals surface area contributed by atoms with Gasteiger partial charge in [0.2, 0.25) is 0 Å². The van der Waals surface area contributed by atoms with Crippen molar-refractivity contribution >= 4 is 6.09 Å². The second-order valence-corrected chi connectivity index (χ2v) is 7.15. The Hall–Kier alpha value is -2.29. The zero-order valence-electron chi connectivity index (χ0n) is 13.9. The molecule has 1 saturated carbocycles. The van der Waals surface area contributed by atoms with E-state index in [1.54, 1.807) is 0 Å². The predicted octanol–water partition coefficient (Wildman–Crippen LogP) is 4.87. The van der Waals surface area contributed by atoms with Gasteiger partial charge in [0.05, 0.1) is 5.54 Å². The van der Waals surface area contributed by atoms with Crippen molar-refractivity contribution in [2.75, 3.05) is 0 Å². The van der Waals surface area contributed by atoms with E-state index in [-0.39, 0.29) is 11.6 Å². The van der Waals surface area contributed by atoms with E-state index in [1.165, 1.54) is 11.1 Å². The van der Waals surface area contributed by atoms with Gasteiger partial charge in [-0.05, 0) is 50.3 Å². The molecule has 2 aromatic carbocycles. The summed E-state index contributed by atoms with van der Waals surface area (Å²) in [4.78, 5) is 12.0. The molecule has 3 nitrogen and oxygen atoms in total. The molecule has 0 aliphatic heterocycles. The summed E-state index contributed by atoms with van der Waals surface area (Å²) in [5, 5.41) is 3.04. The number of carbonyl (C=O) groups is 1. The Balaban J connectivity index is 1.73. The van der Waals surface area contributed by atoms with Gasteiger partial charge >= 0.3 is 6.09 Å². The first-order valence-electron chi connectivity index (χ1n) is 8.05. The maximum Gasteiger partial charge on any atom is 0.408 e. The van der Waals surface area contributed by atoms with Gasteiger partial charge in [0, 0.05) is 0 Å². The molecule has 1 aliphatic carbocycles. The maximum absolute atomic E-state index is 12.0. The monoisotopic (exact) mass is 309 g/mol. The molecule has 0 bridgehead atoms. The van der Waals surface area contributed by atoms with Gasteiger partial charge in [-0.2, -0.15) is 0 Å². The van der Waals surface area contributed by atoms with Crippen LogP contribution in [0.2, 0.25) is 0 Å². The quantitative estimate of drug-likeness (QED) is 0.878. The second kappa shape index (κ2) is 5.73. The van der Waals surface area contributed by atoms with E-state index in [4.69, 9.17) is 4.74 Å². The van der Waals surface area contributed by atoms with Gasteiger partial charge < -0.3 is 10.1 Å². The van der Waals surface area contributed by atoms with Crippen LogP contribution in [0.3, 0.4) is 0 Å². The van der Waals surface area contributed by atoms with Crippen LogP contribution in [0.1, 0.15) is 39.2 Å². The fourth-order valence-electron chi connectivity index (χ4n) is 2.72. The van der Waals surface area contributed by atoms with Crippen LogP contribution in [-0.4, -0.2) is 11.7 Å². The lowest BCUT2D eigenvalue weighted by Crippen LogP contribution is -2.39. The highest BCUT2D eigenvalue weighted by molar-refractivity contribution is 5.70. The van der Waals surface area contributed by atoms with Crippen LogP contribution in [0, 0.1) is 0 Å². The van der Waals surface area contributed by atoms with Gasteiger partial charge in [-0.25, -0.2) is 4.79 Å². The molecule has 0 saturated heterocycles. The molecule has 1 aliphatic rings. The molecule has 0 atom stereocenters. The normalized spacial score (nSPS) is 15.8. The first kappa shape index (κ1) is 15.6. The van der Waals surface area contributed by atoms with Crippen molar-refractivity contribution in [3.8, 4) is 11.1 Å². The van der Waals surface area contributed by atoms with Gasteiger partial charge in [0.15, 0.2) is 0 Å². The molecule has 1 N–H and O–H groups in total. The van der Waals surface area contributed by atoms with E-state index in [0.29, 0.717) is 0 Å². The number of ether oxygens (including phenoxy) is 1. The predicted molar refractivity (Wildman–Crippen MR) is 92.2 cm³/mol. The summed E-state index contributed by atoms with van der Waals surface area (Å²) in [6, 6.07) is 18.7. The molecule has 1 amide bonds. The number of carbonyl (C=O) groups excluding carboxylic acids is 1. The van der Waals surface area contributed by atoms with E-state index < -0.39 is 5.60 Å². The van der Waals surface area contributed by atoms with Crippen molar-refractivity contribution in [1.82, 2.24) is 5.32 Å². The number of nitrogens with one attached hydrogen (secondary N) is 1. The molecule has 3 heteroatoms. The third-order valence-electron chi connectivity index (χ3n) is 4.03. The molecule has 0 heterocycles. The van der Waals surface area contributed by atoms with Crippen LogP contribution in [0.5, 0.6) is 0 Å². The van der Waals surface area contributed by atoms with Gasteiger partial charge in [-0.3, -0.25) is 0 Å². The SMILES string of the molecule is CC(C)(C)OC(=O)NC1(c2ccc(-c3ccccc3)cc2)CC1. The molecule has 0 radical (unpaired) electrons. The third kappa shape index (κ3) is 3.73. The van der Waals surface area contributed by atoms with Crippen LogP contribution in [0.25, 0.3) is 11.1 Å². The largest absolute Gasteiger partial charge is 0.444 e. The highest BCUT2D eigenvalue weighted by Gasteiger charge is 2.46. The number of alkyl carbamates (subject to hydrolysis) is 1. The highest BCUT2D eigenvalue weighted by atomic mass is 16.6. The number of amides is 1. The van der Waals surface area contributed by atoms with Crippen LogP contribution in [0.15, 0.2) is 54.6 Å². The molecular weight excluding hydrogens is 286 g/mol. The summed E-state index contributed by atoms with van der Waals surface area (Å²) in [6.45, 7) is 5.63. The number of benzene rings is 2. The summed E-state index contributed by atoms with van der Waals surface area (Å²) in [6.07, 6.45) is 1.57. The summed E-state index contributed by atoms with van der Waals surface area (Å²) < 4.78 is 5.38. The van der Waals surface area contributed by atoms with Crippen LogP contribution < -0.4 is 5.32 Å². The van der Waals surface area contributed by atoms with E-state index in [0.717, 1.165) is 18.4 Å². The second-order valence-electron chi connectivity index (χ2n) is 7.15. The minimum atomic E-state index is -0.475. The average Bonchev–Trinajstić information content (AvgIpc) is 3.27. The Labute approximate surface area is 137 Å². The molecular formula is C20H23NO2. The van der Waals surface area contributed by atoms with E-state index in [2.05, 4.69) is 41.7 Å². The minimum Gasteiger partial charge on any atom is -0.444 e. The van der Waals surface area contributed by atoms with Gasteiger partial charge in [0.1, 0.15) is 5.60 Å². The molecule has 2 aromatic rings. The van der Waals surface area contributed by atoms with Crippen molar-refractivity contribution in [2.24, 2.45) is 0 Å². The van der Waals surface area contributed by atoms with Crippen LogP contribution >= 0.6 is 0 Å². The number of rotatable bonds is 3. The Bertz CT molecular complexity index is 680. The first-order chi connectivity index (χ1) is 10.9. The minimum absolute atomic E-state index is 0.252. The fourth-order valence-corrected chi connectivity index (χ4v) is 2.72. The molecule has 0 spiro atoms. The summed E-state index contributed by atoms with van der Waals surface area (Å²) >= 11 is 0.